The van der Waals surface area contributed by atoms with E-state index in [0.29, 0.717) is 24.0 Å². The summed E-state index contributed by atoms with van der Waals surface area (Å²) in [4.78, 5) is 68.4. The van der Waals surface area contributed by atoms with Crippen molar-refractivity contribution in [2.45, 2.75) is 95.0 Å². The molecule has 2 saturated carbocycles. The minimum atomic E-state index is -3.94. The van der Waals surface area contributed by atoms with Gasteiger partial charge in [-0.3, -0.25) is 24.0 Å². The predicted molar refractivity (Wildman–Crippen MR) is 164 cm³/mol. The average Bonchev–Trinajstić information content (AvgIpc) is 3.82. The Hall–Kier alpha value is -4.21. The van der Waals surface area contributed by atoms with E-state index in [1.165, 1.54) is 17.0 Å². The van der Waals surface area contributed by atoms with E-state index in [0.717, 1.165) is 4.90 Å². The number of sulfonamides is 1. The first kappa shape index (κ1) is 34.1. The molecule has 0 bridgehead atoms. The van der Waals surface area contributed by atoms with Crippen molar-refractivity contribution in [3.05, 3.63) is 47.8 Å². The largest absolute Gasteiger partial charge is 0.444 e. The lowest BCUT2D eigenvalue weighted by atomic mass is 10.0. The zero-order valence-electron chi connectivity index (χ0n) is 26.8. The van der Waals surface area contributed by atoms with Gasteiger partial charge in [-0.2, -0.15) is 0 Å². The summed E-state index contributed by atoms with van der Waals surface area (Å²) in [5.74, 6) is -2.83. The maximum Gasteiger partial charge on any atom is 0.410 e. The molecule has 14 nitrogen and oxygen atoms in total. The fraction of sp³-hybridized carbons (Fsp3) is 0.581. The van der Waals surface area contributed by atoms with Gasteiger partial charge in [-0.15, -0.1) is 6.58 Å². The summed E-state index contributed by atoms with van der Waals surface area (Å²) in [7, 11) is -3.94. The molecule has 47 heavy (non-hydrogen) atoms. The average molecular weight is 678 g/mol. The SMILES string of the molecule is C=CC1(C)C[C@]1(NC(=O)[C@@H]1C[C@@H](OC(=O)N2Cc3cccc(F)c3C2)CN1C(=O)CNC(=O)OC(C)(C)C)C(=O)NS(=O)(=O)C1CC1. The minimum Gasteiger partial charge on any atom is -0.444 e. The lowest BCUT2D eigenvalue weighted by Gasteiger charge is -2.28. The number of amides is 5. The standard InChI is InChI=1S/C31H40FN5O9S/c1-6-30(5)17-31(30,26(40)35-47(43,44)20-10-11-20)34-25(39)23-12-19(15-37(23)24(38)13-33-27(41)46-29(2,3)4)45-28(42)36-14-18-8-7-9-22(32)21(18)16-36/h6-9,19-20,23H,1,10-17H2,2-5H3,(H,33,41)(H,34,39)(H,35,40)/t19-,23+,30?,31+/m1/s1. The van der Waals surface area contributed by atoms with Crippen molar-refractivity contribution in [1.29, 1.82) is 0 Å². The topological polar surface area (TPSA) is 181 Å². The first-order chi connectivity index (χ1) is 21.9. The Balaban J connectivity index is 1.31. The number of benzene rings is 1. The quantitative estimate of drug-likeness (QED) is 0.329. The Morgan fingerprint density at radius 3 is 2.45 bits per heavy atom. The van der Waals surface area contributed by atoms with Gasteiger partial charge in [0.25, 0.3) is 5.91 Å². The molecule has 3 fully saturated rings. The zero-order valence-corrected chi connectivity index (χ0v) is 27.6. The molecule has 16 heteroatoms. The number of alkyl carbamates (subject to hydrolysis) is 1. The van der Waals surface area contributed by atoms with E-state index < -0.39 is 86.2 Å². The van der Waals surface area contributed by atoms with Crippen LogP contribution in [0.5, 0.6) is 0 Å². The third kappa shape index (κ3) is 7.06. The van der Waals surface area contributed by atoms with Crippen LogP contribution in [0.15, 0.2) is 30.9 Å². The summed E-state index contributed by atoms with van der Waals surface area (Å²) in [6, 6.07) is 3.29. The molecule has 0 aromatic heterocycles. The van der Waals surface area contributed by atoms with Gasteiger partial charge in [0.05, 0.1) is 18.3 Å². The number of hydrogen-bond donors (Lipinski definition) is 3. The summed E-state index contributed by atoms with van der Waals surface area (Å²) in [5, 5.41) is 4.35. The molecular formula is C31H40FN5O9S. The molecule has 2 heterocycles. The van der Waals surface area contributed by atoms with Gasteiger partial charge in [0.15, 0.2) is 0 Å². The molecule has 2 aliphatic heterocycles. The van der Waals surface area contributed by atoms with Gasteiger partial charge < -0.3 is 25.0 Å². The van der Waals surface area contributed by atoms with Crippen LogP contribution >= 0.6 is 0 Å². The van der Waals surface area contributed by atoms with Crippen LogP contribution in [0.2, 0.25) is 0 Å². The summed E-state index contributed by atoms with van der Waals surface area (Å²) in [6.07, 6.45) is -0.385. The maximum absolute atomic E-state index is 14.3. The van der Waals surface area contributed by atoms with Gasteiger partial charge in [0.1, 0.15) is 35.6 Å². The molecular weight excluding hydrogens is 637 g/mol. The Bertz CT molecular complexity index is 1620. The van der Waals surface area contributed by atoms with Gasteiger partial charge >= 0.3 is 12.2 Å². The number of carbonyl (C=O) groups excluding carboxylic acids is 5. The Morgan fingerprint density at radius 1 is 1.15 bits per heavy atom. The molecule has 1 saturated heterocycles. The van der Waals surface area contributed by atoms with Gasteiger partial charge in [-0.1, -0.05) is 25.1 Å². The van der Waals surface area contributed by atoms with Crippen LogP contribution in [0.4, 0.5) is 14.0 Å². The van der Waals surface area contributed by atoms with Crippen molar-refractivity contribution in [2.75, 3.05) is 13.1 Å². The lowest BCUT2D eigenvalue weighted by Crippen LogP contribution is -2.58. The van der Waals surface area contributed by atoms with E-state index in [4.69, 9.17) is 9.47 Å². The van der Waals surface area contributed by atoms with Gasteiger partial charge in [0.2, 0.25) is 21.8 Å². The number of nitrogens with one attached hydrogen (secondary N) is 3. The highest BCUT2D eigenvalue weighted by molar-refractivity contribution is 7.91. The Morgan fingerprint density at radius 2 is 1.85 bits per heavy atom. The van der Waals surface area contributed by atoms with E-state index in [2.05, 4.69) is 21.9 Å². The lowest BCUT2D eigenvalue weighted by molar-refractivity contribution is -0.139. The number of likely N-dealkylation sites (tertiary alicyclic amines) is 1. The molecule has 1 aromatic rings. The first-order valence-electron chi connectivity index (χ1n) is 15.4. The highest BCUT2D eigenvalue weighted by Crippen LogP contribution is 2.57. The van der Waals surface area contributed by atoms with Crippen molar-refractivity contribution >= 4 is 39.9 Å². The van der Waals surface area contributed by atoms with Crippen molar-refractivity contribution in [3.63, 3.8) is 0 Å². The molecule has 2 aliphatic carbocycles. The van der Waals surface area contributed by atoms with Crippen LogP contribution in [0.25, 0.3) is 0 Å². The second-order valence-corrected chi connectivity index (χ2v) is 15.7. The number of fused-ring (bicyclic) bond motifs is 1. The van der Waals surface area contributed by atoms with Crippen molar-refractivity contribution < 1.29 is 46.3 Å². The molecule has 5 rings (SSSR count). The van der Waals surface area contributed by atoms with Crippen LogP contribution in [0, 0.1) is 11.2 Å². The molecule has 0 radical (unpaired) electrons. The number of hydrogen-bond acceptors (Lipinski definition) is 9. The summed E-state index contributed by atoms with van der Waals surface area (Å²) < 4.78 is 52.4. The highest BCUT2D eigenvalue weighted by Gasteiger charge is 2.70. The Labute approximate surface area is 272 Å². The predicted octanol–water partition coefficient (Wildman–Crippen LogP) is 1.83. The number of ether oxygens (including phenoxy) is 2. The van der Waals surface area contributed by atoms with Crippen LogP contribution in [0.3, 0.4) is 0 Å². The molecule has 1 aromatic carbocycles. The summed E-state index contributed by atoms with van der Waals surface area (Å²) in [6.45, 7) is 9.69. The zero-order chi connectivity index (χ0) is 34.5. The Kier molecular flexibility index (Phi) is 8.79. The van der Waals surface area contributed by atoms with E-state index in [1.807, 2.05) is 0 Å². The molecule has 5 amide bonds. The fourth-order valence-electron chi connectivity index (χ4n) is 6.01. The summed E-state index contributed by atoms with van der Waals surface area (Å²) >= 11 is 0. The second kappa shape index (κ2) is 12.1. The molecule has 256 valence electrons. The monoisotopic (exact) mass is 677 g/mol. The smallest absolute Gasteiger partial charge is 0.410 e. The third-order valence-corrected chi connectivity index (χ3v) is 10.8. The van der Waals surface area contributed by atoms with E-state index in [9.17, 15) is 36.8 Å². The minimum absolute atomic E-state index is 0.0124. The second-order valence-electron chi connectivity index (χ2n) is 13.8. The molecule has 3 N–H and O–H groups in total. The van der Waals surface area contributed by atoms with Crippen molar-refractivity contribution in [1.82, 2.24) is 25.2 Å². The first-order valence-corrected chi connectivity index (χ1v) is 16.9. The fourth-order valence-corrected chi connectivity index (χ4v) is 7.36. The number of halogens is 1. The van der Waals surface area contributed by atoms with E-state index in [1.54, 1.807) is 39.8 Å². The van der Waals surface area contributed by atoms with Crippen LogP contribution in [-0.2, 0) is 47.0 Å². The summed E-state index contributed by atoms with van der Waals surface area (Å²) in [5.41, 5.74) is -2.46. The normalized spacial score (nSPS) is 26.6. The number of carbonyl (C=O) groups is 5. The van der Waals surface area contributed by atoms with Crippen LogP contribution in [0.1, 0.15) is 64.5 Å². The molecule has 4 aliphatic rings. The third-order valence-electron chi connectivity index (χ3n) is 8.98. The highest BCUT2D eigenvalue weighted by atomic mass is 32.2. The number of rotatable bonds is 9. The van der Waals surface area contributed by atoms with Crippen LogP contribution < -0.4 is 15.4 Å². The van der Waals surface area contributed by atoms with Gasteiger partial charge in [-0.05, 0) is 51.7 Å². The van der Waals surface area contributed by atoms with Crippen LogP contribution in [-0.4, -0.2) is 89.8 Å². The molecule has 1 unspecified atom stereocenters. The molecule has 0 spiro atoms. The van der Waals surface area contributed by atoms with E-state index >= 15 is 0 Å². The van der Waals surface area contributed by atoms with Crippen molar-refractivity contribution in [2.24, 2.45) is 5.41 Å². The van der Waals surface area contributed by atoms with Crippen molar-refractivity contribution in [3.8, 4) is 0 Å². The van der Waals surface area contributed by atoms with E-state index in [-0.39, 0.29) is 32.5 Å². The molecule has 4 atom stereocenters. The van der Waals surface area contributed by atoms with Gasteiger partial charge in [0, 0.05) is 23.9 Å². The maximum atomic E-state index is 14.3. The number of nitrogens with zero attached hydrogens (tertiary/aromatic N) is 2. The van der Waals surface area contributed by atoms with Gasteiger partial charge in [-0.25, -0.2) is 22.4 Å².